The molecule has 0 bridgehead atoms. The van der Waals surface area contributed by atoms with Crippen molar-refractivity contribution in [1.29, 1.82) is 0 Å². The second-order valence-electron chi connectivity index (χ2n) is 3.35. The quantitative estimate of drug-likeness (QED) is 0.753. The molecule has 0 fully saturated rings. The van der Waals surface area contributed by atoms with Crippen molar-refractivity contribution in [3.05, 3.63) is 6.33 Å². The number of anilines is 2. The molecule has 1 aromatic heterocycles. The Morgan fingerprint density at radius 3 is 2.56 bits per heavy atom. The first-order valence-corrected chi connectivity index (χ1v) is 5.05. The van der Waals surface area contributed by atoms with Gasteiger partial charge in [0.1, 0.15) is 6.33 Å². The maximum absolute atomic E-state index is 5.26. The molecule has 1 unspecified atom stereocenters. The summed E-state index contributed by atoms with van der Waals surface area (Å²) in [5.41, 5.74) is 0. The highest BCUT2D eigenvalue weighted by Crippen LogP contribution is 2.28. The van der Waals surface area contributed by atoms with E-state index in [0.717, 1.165) is 0 Å². The van der Waals surface area contributed by atoms with Gasteiger partial charge in [0.25, 0.3) is 0 Å². The molecule has 2 N–H and O–H groups in total. The van der Waals surface area contributed by atoms with Crippen LogP contribution in [0, 0.1) is 0 Å². The minimum atomic E-state index is 0.151. The van der Waals surface area contributed by atoms with E-state index in [4.69, 9.17) is 9.47 Å². The minimum Gasteiger partial charge on any atom is -0.490 e. The lowest BCUT2D eigenvalue weighted by atomic mass is 10.3. The first kappa shape index (κ1) is 12.5. The number of hydrogen-bond donors (Lipinski definition) is 2. The van der Waals surface area contributed by atoms with E-state index in [2.05, 4.69) is 20.6 Å². The summed E-state index contributed by atoms with van der Waals surface area (Å²) >= 11 is 0. The molecule has 90 valence electrons. The predicted molar refractivity (Wildman–Crippen MR) is 63.1 cm³/mol. The highest BCUT2D eigenvalue weighted by atomic mass is 16.5. The fourth-order valence-corrected chi connectivity index (χ4v) is 1.37. The van der Waals surface area contributed by atoms with Crippen LogP contribution in [0.5, 0.6) is 5.75 Å². The molecule has 0 spiro atoms. The summed E-state index contributed by atoms with van der Waals surface area (Å²) in [5.74, 6) is 1.92. The van der Waals surface area contributed by atoms with Gasteiger partial charge < -0.3 is 20.1 Å². The van der Waals surface area contributed by atoms with Gasteiger partial charge in [0.2, 0.25) is 5.75 Å². The summed E-state index contributed by atoms with van der Waals surface area (Å²) in [7, 11) is 5.04. The lowest BCUT2D eigenvalue weighted by Crippen LogP contribution is -2.22. The van der Waals surface area contributed by atoms with Gasteiger partial charge in [-0.3, -0.25) is 0 Å². The standard InChI is InChI=1S/C10H18N4O2/c1-7(5-15-3)14-10-8(16-4)9(11-2)12-6-13-10/h6-7H,5H2,1-4H3,(H2,11,12,13,14). The van der Waals surface area contributed by atoms with Crippen LogP contribution in [0.15, 0.2) is 6.33 Å². The Morgan fingerprint density at radius 1 is 1.31 bits per heavy atom. The minimum absolute atomic E-state index is 0.151. The zero-order valence-corrected chi connectivity index (χ0v) is 10.1. The number of hydrogen-bond acceptors (Lipinski definition) is 6. The lowest BCUT2D eigenvalue weighted by Gasteiger charge is -2.16. The molecule has 0 aliphatic carbocycles. The van der Waals surface area contributed by atoms with Gasteiger partial charge in [0, 0.05) is 20.2 Å². The Kier molecular flexibility index (Phi) is 4.78. The Labute approximate surface area is 95.4 Å². The van der Waals surface area contributed by atoms with E-state index in [1.54, 1.807) is 21.3 Å². The molecule has 0 aliphatic heterocycles. The topological polar surface area (TPSA) is 68.3 Å². The molecule has 0 radical (unpaired) electrons. The molecule has 0 saturated heterocycles. The first-order valence-electron chi connectivity index (χ1n) is 5.05. The molecule has 0 aliphatic rings. The largest absolute Gasteiger partial charge is 0.490 e. The Bertz CT molecular complexity index is 333. The molecule has 1 rings (SSSR count). The van der Waals surface area contributed by atoms with Crippen molar-refractivity contribution in [2.45, 2.75) is 13.0 Å². The fraction of sp³-hybridized carbons (Fsp3) is 0.600. The van der Waals surface area contributed by atoms with Crippen LogP contribution in [0.25, 0.3) is 0 Å². The van der Waals surface area contributed by atoms with Crippen LogP contribution in [0.4, 0.5) is 11.6 Å². The smallest absolute Gasteiger partial charge is 0.204 e. The summed E-state index contributed by atoms with van der Waals surface area (Å²) in [6.07, 6.45) is 1.48. The molecule has 16 heavy (non-hydrogen) atoms. The SMILES string of the molecule is CNc1ncnc(NC(C)COC)c1OC. The lowest BCUT2D eigenvalue weighted by molar-refractivity contribution is 0.190. The van der Waals surface area contributed by atoms with E-state index in [-0.39, 0.29) is 6.04 Å². The molecular formula is C10H18N4O2. The number of rotatable bonds is 6. The van der Waals surface area contributed by atoms with E-state index >= 15 is 0 Å². The summed E-state index contributed by atoms with van der Waals surface area (Å²) in [4.78, 5) is 8.20. The van der Waals surface area contributed by atoms with Gasteiger partial charge in [-0.2, -0.15) is 0 Å². The number of ether oxygens (including phenoxy) is 2. The highest BCUT2D eigenvalue weighted by Gasteiger charge is 2.12. The van der Waals surface area contributed by atoms with Crippen molar-refractivity contribution in [2.75, 3.05) is 38.5 Å². The van der Waals surface area contributed by atoms with Crippen molar-refractivity contribution < 1.29 is 9.47 Å². The summed E-state index contributed by atoms with van der Waals surface area (Å²) in [6, 6.07) is 0.151. The Morgan fingerprint density at radius 2 is 2.00 bits per heavy atom. The van der Waals surface area contributed by atoms with Crippen LogP contribution >= 0.6 is 0 Å². The maximum atomic E-state index is 5.26. The fourth-order valence-electron chi connectivity index (χ4n) is 1.37. The van der Waals surface area contributed by atoms with E-state index in [0.29, 0.717) is 24.0 Å². The molecule has 0 aromatic carbocycles. The van der Waals surface area contributed by atoms with Gasteiger partial charge in [0.15, 0.2) is 11.6 Å². The number of methoxy groups -OCH3 is 2. The van der Waals surface area contributed by atoms with Crippen molar-refractivity contribution in [3.63, 3.8) is 0 Å². The van der Waals surface area contributed by atoms with Gasteiger partial charge in [-0.25, -0.2) is 9.97 Å². The second-order valence-corrected chi connectivity index (χ2v) is 3.35. The molecule has 0 saturated carbocycles. The average molecular weight is 226 g/mol. The second kappa shape index (κ2) is 6.12. The van der Waals surface area contributed by atoms with Gasteiger partial charge in [-0.15, -0.1) is 0 Å². The van der Waals surface area contributed by atoms with Crippen LogP contribution in [0.2, 0.25) is 0 Å². The zero-order valence-electron chi connectivity index (χ0n) is 10.1. The molecule has 0 amide bonds. The van der Waals surface area contributed by atoms with Crippen LogP contribution < -0.4 is 15.4 Å². The van der Waals surface area contributed by atoms with Crippen LogP contribution in [0.3, 0.4) is 0 Å². The van der Waals surface area contributed by atoms with Gasteiger partial charge in [0.05, 0.1) is 13.7 Å². The molecule has 6 heteroatoms. The summed E-state index contributed by atoms with van der Waals surface area (Å²) in [5, 5.41) is 6.14. The molecule has 6 nitrogen and oxygen atoms in total. The third kappa shape index (κ3) is 2.96. The number of nitrogens with zero attached hydrogens (tertiary/aromatic N) is 2. The average Bonchev–Trinajstić information content (AvgIpc) is 2.29. The summed E-state index contributed by atoms with van der Waals surface area (Å²) < 4.78 is 10.3. The molecule has 1 aromatic rings. The van der Waals surface area contributed by atoms with Crippen LogP contribution in [-0.4, -0.2) is 43.9 Å². The predicted octanol–water partition coefficient (Wildman–Crippen LogP) is 0.974. The molecule has 1 atom stereocenters. The van der Waals surface area contributed by atoms with Gasteiger partial charge >= 0.3 is 0 Å². The van der Waals surface area contributed by atoms with E-state index in [1.807, 2.05) is 6.92 Å². The third-order valence-corrected chi connectivity index (χ3v) is 2.04. The highest BCUT2D eigenvalue weighted by molar-refractivity contribution is 5.63. The van der Waals surface area contributed by atoms with Gasteiger partial charge in [-0.05, 0) is 6.92 Å². The number of aromatic nitrogens is 2. The summed E-state index contributed by atoms with van der Waals surface area (Å²) in [6.45, 7) is 2.60. The monoisotopic (exact) mass is 226 g/mol. The van der Waals surface area contributed by atoms with Crippen LogP contribution in [0.1, 0.15) is 6.92 Å². The van der Waals surface area contributed by atoms with Crippen LogP contribution in [-0.2, 0) is 4.74 Å². The van der Waals surface area contributed by atoms with Crippen molar-refractivity contribution in [3.8, 4) is 5.75 Å². The Hall–Kier alpha value is -1.56. The number of nitrogens with one attached hydrogen (secondary N) is 2. The van der Waals surface area contributed by atoms with Crippen molar-refractivity contribution >= 4 is 11.6 Å². The first-order chi connectivity index (χ1) is 7.72. The third-order valence-electron chi connectivity index (χ3n) is 2.04. The zero-order chi connectivity index (χ0) is 12.0. The van der Waals surface area contributed by atoms with E-state index in [1.165, 1.54) is 6.33 Å². The Balaban J connectivity index is 2.86. The van der Waals surface area contributed by atoms with E-state index in [9.17, 15) is 0 Å². The normalized spacial score (nSPS) is 12.0. The van der Waals surface area contributed by atoms with Gasteiger partial charge in [-0.1, -0.05) is 0 Å². The van der Waals surface area contributed by atoms with Crippen molar-refractivity contribution in [2.24, 2.45) is 0 Å². The maximum Gasteiger partial charge on any atom is 0.204 e. The van der Waals surface area contributed by atoms with Crippen molar-refractivity contribution in [1.82, 2.24) is 9.97 Å². The molecule has 1 heterocycles. The molecular weight excluding hydrogens is 208 g/mol. The van der Waals surface area contributed by atoms with E-state index < -0.39 is 0 Å².